The number of ether oxygens (including phenoxy) is 2. The number of methoxy groups -OCH3 is 2. The molecule has 3 N–H and O–H groups in total. The summed E-state index contributed by atoms with van der Waals surface area (Å²) in [5, 5.41) is 4.27. The van der Waals surface area contributed by atoms with Gasteiger partial charge in [-0.05, 0) is 6.07 Å². The second kappa shape index (κ2) is 5.89. The van der Waals surface area contributed by atoms with Crippen LogP contribution in [0.2, 0.25) is 0 Å². The summed E-state index contributed by atoms with van der Waals surface area (Å²) in [6.07, 6.45) is 0. The number of rotatable bonds is 5. The summed E-state index contributed by atoms with van der Waals surface area (Å²) in [6.45, 7) is 0. The number of halogens is 1. The Balaban J connectivity index is 2.46. The number of aryl methyl sites for hydroxylation is 1. The van der Waals surface area contributed by atoms with Crippen molar-refractivity contribution in [2.75, 3.05) is 14.2 Å². The summed E-state index contributed by atoms with van der Waals surface area (Å²) in [4.78, 5) is 0. The third-order valence-corrected chi connectivity index (χ3v) is 3.05. The van der Waals surface area contributed by atoms with Crippen LogP contribution in [0.4, 0.5) is 4.39 Å². The van der Waals surface area contributed by atoms with Gasteiger partial charge in [-0.3, -0.25) is 5.84 Å². The first kappa shape index (κ1) is 14.3. The van der Waals surface area contributed by atoms with E-state index in [0.717, 1.165) is 0 Å². The first-order valence-corrected chi connectivity index (χ1v) is 5.98. The lowest BCUT2D eigenvalue weighted by Crippen LogP contribution is -2.30. The van der Waals surface area contributed by atoms with E-state index in [1.807, 2.05) is 0 Å². The maximum atomic E-state index is 14.3. The van der Waals surface area contributed by atoms with Crippen LogP contribution < -0.4 is 20.7 Å². The fraction of sp³-hybridized carbons (Fsp3) is 0.308. The van der Waals surface area contributed by atoms with Crippen LogP contribution >= 0.6 is 0 Å². The van der Waals surface area contributed by atoms with Crippen molar-refractivity contribution in [3.05, 3.63) is 41.3 Å². The molecule has 6 nitrogen and oxygen atoms in total. The lowest BCUT2D eigenvalue weighted by atomic mass is 10.0. The van der Waals surface area contributed by atoms with E-state index in [2.05, 4.69) is 10.5 Å². The molecular weight excluding hydrogens is 263 g/mol. The molecule has 1 atom stereocenters. The maximum absolute atomic E-state index is 14.3. The largest absolute Gasteiger partial charge is 0.494 e. The molecule has 0 bridgehead atoms. The number of nitrogens with zero attached hydrogens (tertiary/aromatic N) is 2. The monoisotopic (exact) mass is 280 g/mol. The van der Waals surface area contributed by atoms with E-state index in [1.165, 1.54) is 14.2 Å². The third-order valence-electron chi connectivity index (χ3n) is 3.05. The standard InChI is InChI=1S/C13H17FN4O2/c1-18-11(20-3)7-9(17-18)13(16-15)8-5-4-6-10(19-2)12(8)14/h4-7,13,16H,15H2,1-3H3. The summed E-state index contributed by atoms with van der Waals surface area (Å²) in [5.74, 6) is 5.80. The number of nitrogens with two attached hydrogens (primary N) is 1. The first-order valence-electron chi connectivity index (χ1n) is 5.98. The Morgan fingerprint density at radius 3 is 2.65 bits per heavy atom. The van der Waals surface area contributed by atoms with Crippen molar-refractivity contribution < 1.29 is 13.9 Å². The van der Waals surface area contributed by atoms with Crippen molar-refractivity contribution in [2.24, 2.45) is 12.9 Å². The van der Waals surface area contributed by atoms with Crippen LogP contribution in [0.1, 0.15) is 17.3 Å². The molecule has 0 aliphatic rings. The minimum atomic E-state index is -0.597. The Hall–Kier alpha value is -2.12. The van der Waals surface area contributed by atoms with Gasteiger partial charge in [0.1, 0.15) is 0 Å². The quantitative estimate of drug-likeness (QED) is 0.634. The molecule has 0 amide bonds. The van der Waals surface area contributed by atoms with E-state index in [0.29, 0.717) is 17.1 Å². The molecule has 0 saturated carbocycles. The average Bonchev–Trinajstić information content (AvgIpc) is 2.82. The van der Waals surface area contributed by atoms with Gasteiger partial charge in [-0.1, -0.05) is 12.1 Å². The molecule has 2 rings (SSSR count). The van der Waals surface area contributed by atoms with Gasteiger partial charge in [0.15, 0.2) is 11.6 Å². The van der Waals surface area contributed by atoms with E-state index >= 15 is 0 Å². The van der Waals surface area contributed by atoms with Crippen molar-refractivity contribution in [1.82, 2.24) is 15.2 Å². The molecule has 0 spiro atoms. The highest BCUT2D eigenvalue weighted by Gasteiger charge is 2.22. The molecule has 108 valence electrons. The van der Waals surface area contributed by atoms with Gasteiger partial charge in [0.05, 0.1) is 26.0 Å². The molecule has 1 aromatic heterocycles. The zero-order valence-corrected chi connectivity index (χ0v) is 11.6. The molecule has 0 fully saturated rings. The second-order valence-electron chi connectivity index (χ2n) is 4.20. The second-order valence-corrected chi connectivity index (χ2v) is 4.20. The zero-order chi connectivity index (χ0) is 14.7. The summed E-state index contributed by atoms with van der Waals surface area (Å²) in [7, 11) is 4.69. The molecule has 2 aromatic rings. The van der Waals surface area contributed by atoms with Crippen molar-refractivity contribution in [3.63, 3.8) is 0 Å². The van der Waals surface area contributed by atoms with Gasteiger partial charge < -0.3 is 9.47 Å². The molecule has 0 aliphatic carbocycles. The Labute approximate surface area is 116 Å². The minimum Gasteiger partial charge on any atom is -0.494 e. The van der Waals surface area contributed by atoms with Gasteiger partial charge in [-0.15, -0.1) is 0 Å². The van der Waals surface area contributed by atoms with E-state index in [4.69, 9.17) is 15.3 Å². The number of aromatic nitrogens is 2. The molecule has 7 heteroatoms. The van der Waals surface area contributed by atoms with Crippen molar-refractivity contribution >= 4 is 0 Å². The Morgan fingerprint density at radius 2 is 2.10 bits per heavy atom. The molecule has 20 heavy (non-hydrogen) atoms. The molecule has 0 saturated heterocycles. The molecular formula is C13H17FN4O2. The summed E-state index contributed by atoms with van der Waals surface area (Å²) < 4.78 is 26.0. The highest BCUT2D eigenvalue weighted by molar-refractivity contribution is 5.37. The third kappa shape index (κ3) is 2.45. The number of benzene rings is 1. The number of hydrazine groups is 1. The van der Waals surface area contributed by atoms with E-state index in [-0.39, 0.29) is 5.75 Å². The van der Waals surface area contributed by atoms with Gasteiger partial charge >= 0.3 is 0 Å². The Bertz CT molecular complexity index is 600. The van der Waals surface area contributed by atoms with Crippen LogP contribution in [0.25, 0.3) is 0 Å². The van der Waals surface area contributed by atoms with E-state index in [1.54, 1.807) is 36.0 Å². The van der Waals surface area contributed by atoms with Gasteiger partial charge in [-0.25, -0.2) is 14.5 Å². The van der Waals surface area contributed by atoms with Crippen molar-refractivity contribution in [1.29, 1.82) is 0 Å². The van der Waals surface area contributed by atoms with Gasteiger partial charge in [0.25, 0.3) is 0 Å². The number of hydrogen-bond acceptors (Lipinski definition) is 5. The van der Waals surface area contributed by atoms with Gasteiger partial charge in [0.2, 0.25) is 5.88 Å². The van der Waals surface area contributed by atoms with E-state index in [9.17, 15) is 4.39 Å². The zero-order valence-electron chi connectivity index (χ0n) is 11.6. The lowest BCUT2D eigenvalue weighted by molar-refractivity contribution is 0.373. The summed E-state index contributed by atoms with van der Waals surface area (Å²) >= 11 is 0. The van der Waals surface area contributed by atoms with Crippen LogP contribution in [0.15, 0.2) is 24.3 Å². The lowest BCUT2D eigenvalue weighted by Gasteiger charge is -2.16. The topological polar surface area (TPSA) is 74.3 Å². The Kier molecular flexibility index (Phi) is 4.21. The van der Waals surface area contributed by atoms with Gasteiger partial charge in [0, 0.05) is 18.7 Å². The van der Waals surface area contributed by atoms with Crippen LogP contribution in [0.5, 0.6) is 11.6 Å². The smallest absolute Gasteiger partial charge is 0.211 e. The predicted molar refractivity (Wildman–Crippen MR) is 71.9 cm³/mol. The minimum absolute atomic E-state index is 0.158. The average molecular weight is 280 g/mol. The summed E-state index contributed by atoms with van der Waals surface area (Å²) in [5.41, 5.74) is 3.47. The SMILES string of the molecule is COc1cccc(C(NN)c2cc(OC)n(C)n2)c1F. The van der Waals surface area contributed by atoms with Crippen LogP contribution in [-0.4, -0.2) is 24.0 Å². The molecule has 1 heterocycles. The molecule has 0 radical (unpaired) electrons. The fourth-order valence-corrected chi connectivity index (χ4v) is 2.05. The van der Waals surface area contributed by atoms with Crippen molar-refractivity contribution in [3.8, 4) is 11.6 Å². The highest BCUT2D eigenvalue weighted by atomic mass is 19.1. The van der Waals surface area contributed by atoms with Crippen molar-refractivity contribution in [2.45, 2.75) is 6.04 Å². The first-order chi connectivity index (χ1) is 9.62. The predicted octanol–water partition coefficient (Wildman–Crippen LogP) is 1.13. The number of hydrogen-bond donors (Lipinski definition) is 2. The Morgan fingerprint density at radius 1 is 1.35 bits per heavy atom. The van der Waals surface area contributed by atoms with Crippen LogP contribution in [-0.2, 0) is 7.05 Å². The van der Waals surface area contributed by atoms with E-state index < -0.39 is 11.9 Å². The molecule has 1 unspecified atom stereocenters. The van der Waals surface area contributed by atoms with Gasteiger partial charge in [-0.2, -0.15) is 5.10 Å². The fourth-order valence-electron chi connectivity index (χ4n) is 2.05. The normalized spacial score (nSPS) is 12.2. The van der Waals surface area contributed by atoms with Crippen LogP contribution in [0.3, 0.4) is 0 Å². The summed E-state index contributed by atoms with van der Waals surface area (Å²) in [6, 6.07) is 5.97. The number of nitrogens with one attached hydrogen (secondary N) is 1. The molecule has 0 aliphatic heterocycles. The molecule has 1 aromatic carbocycles. The highest BCUT2D eigenvalue weighted by Crippen LogP contribution is 2.29. The maximum Gasteiger partial charge on any atom is 0.211 e. The van der Waals surface area contributed by atoms with Crippen LogP contribution in [0, 0.1) is 5.82 Å².